The lowest BCUT2D eigenvalue weighted by Crippen LogP contribution is -2.47. The first-order valence-corrected chi connectivity index (χ1v) is 6.54. The number of carbonyl (C=O) groups is 3. The van der Waals surface area contributed by atoms with E-state index in [4.69, 9.17) is 5.73 Å². The summed E-state index contributed by atoms with van der Waals surface area (Å²) in [5, 5.41) is 2.46. The van der Waals surface area contributed by atoms with Crippen LogP contribution in [0.2, 0.25) is 0 Å². The van der Waals surface area contributed by atoms with Crippen LogP contribution in [0.5, 0.6) is 0 Å². The predicted molar refractivity (Wildman–Crippen MR) is 68.0 cm³/mol. The lowest BCUT2D eigenvalue weighted by Gasteiger charge is -2.15. The van der Waals surface area contributed by atoms with E-state index in [2.05, 4.69) is 10.1 Å². The number of ether oxygens (including phenoxy) is 1. The minimum atomic E-state index is -1.33. The van der Waals surface area contributed by atoms with E-state index in [-0.39, 0.29) is 25.5 Å². The zero-order chi connectivity index (χ0) is 14.3. The van der Waals surface area contributed by atoms with Crippen LogP contribution in [0.15, 0.2) is 0 Å². The topological polar surface area (TPSA) is 102 Å². The number of hydrogen-bond acceptors (Lipinski definition) is 5. The first-order valence-electron chi connectivity index (χ1n) is 6.54. The molecular formula is C12H21N3O4. The van der Waals surface area contributed by atoms with Crippen molar-refractivity contribution >= 4 is 17.8 Å². The van der Waals surface area contributed by atoms with Gasteiger partial charge in [0.05, 0.1) is 6.61 Å². The van der Waals surface area contributed by atoms with Crippen LogP contribution in [0.25, 0.3) is 0 Å². The Morgan fingerprint density at radius 3 is 2.53 bits per heavy atom. The van der Waals surface area contributed by atoms with Gasteiger partial charge in [0.1, 0.15) is 0 Å². The van der Waals surface area contributed by atoms with Gasteiger partial charge in [-0.3, -0.25) is 9.59 Å². The molecule has 0 saturated carbocycles. The number of nitrogens with one attached hydrogen (secondary N) is 1. The summed E-state index contributed by atoms with van der Waals surface area (Å²) in [6.45, 7) is 3.57. The average Bonchev–Trinajstić information content (AvgIpc) is 2.91. The van der Waals surface area contributed by atoms with Crippen LogP contribution in [-0.2, 0) is 19.1 Å². The summed E-state index contributed by atoms with van der Waals surface area (Å²) in [6.07, 6.45) is 2.29. The number of carbonyl (C=O) groups excluding carboxylic acids is 3. The molecule has 1 saturated heterocycles. The number of nitrogens with zero attached hydrogens (tertiary/aromatic N) is 1. The smallest absolute Gasteiger partial charge is 0.332 e. The van der Waals surface area contributed by atoms with Crippen molar-refractivity contribution in [3.05, 3.63) is 0 Å². The van der Waals surface area contributed by atoms with Gasteiger partial charge in [0, 0.05) is 26.1 Å². The SMILES string of the molecule is CCOC(=O)C(N)C(=O)NCCC(=O)N1CCCC1. The van der Waals surface area contributed by atoms with Crippen LogP contribution in [0.4, 0.5) is 0 Å². The number of amides is 2. The molecule has 1 heterocycles. The van der Waals surface area contributed by atoms with Crippen molar-refractivity contribution in [3.63, 3.8) is 0 Å². The third kappa shape index (κ3) is 4.86. The van der Waals surface area contributed by atoms with Crippen molar-refractivity contribution in [2.75, 3.05) is 26.2 Å². The van der Waals surface area contributed by atoms with E-state index in [1.165, 1.54) is 0 Å². The summed E-state index contributed by atoms with van der Waals surface area (Å²) in [4.78, 5) is 36.2. The fourth-order valence-electron chi connectivity index (χ4n) is 1.87. The summed E-state index contributed by atoms with van der Waals surface area (Å²) in [5.74, 6) is -1.36. The Hall–Kier alpha value is -1.63. The second-order valence-corrected chi connectivity index (χ2v) is 4.36. The monoisotopic (exact) mass is 271 g/mol. The van der Waals surface area contributed by atoms with Gasteiger partial charge in [0.25, 0.3) is 0 Å². The van der Waals surface area contributed by atoms with Crippen molar-refractivity contribution in [3.8, 4) is 0 Å². The molecule has 1 atom stereocenters. The van der Waals surface area contributed by atoms with E-state index < -0.39 is 17.9 Å². The molecule has 1 fully saturated rings. The molecule has 0 aromatic carbocycles. The Balaban J connectivity index is 2.22. The van der Waals surface area contributed by atoms with Crippen molar-refractivity contribution in [1.82, 2.24) is 10.2 Å². The number of rotatable bonds is 6. The van der Waals surface area contributed by atoms with Gasteiger partial charge in [-0.05, 0) is 19.8 Å². The Bertz CT molecular complexity index is 340. The molecule has 7 nitrogen and oxygen atoms in total. The van der Waals surface area contributed by atoms with E-state index in [1.807, 2.05) is 0 Å². The Morgan fingerprint density at radius 2 is 1.95 bits per heavy atom. The van der Waals surface area contributed by atoms with Crippen LogP contribution < -0.4 is 11.1 Å². The van der Waals surface area contributed by atoms with Gasteiger partial charge in [-0.1, -0.05) is 0 Å². The van der Waals surface area contributed by atoms with Gasteiger partial charge in [0.15, 0.2) is 6.04 Å². The number of esters is 1. The van der Waals surface area contributed by atoms with Crippen LogP contribution in [0.1, 0.15) is 26.2 Å². The van der Waals surface area contributed by atoms with Gasteiger partial charge in [0.2, 0.25) is 11.8 Å². The predicted octanol–water partition coefficient (Wildman–Crippen LogP) is -0.994. The maximum atomic E-state index is 11.7. The lowest BCUT2D eigenvalue weighted by molar-refractivity contribution is -0.147. The highest BCUT2D eigenvalue weighted by molar-refractivity contribution is 6.01. The van der Waals surface area contributed by atoms with Crippen LogP contribution >= 0.6 is 0 Å². The fraction of sp³-hybridized carbons (Fsp3) is 0.750. The Labute approximate surface area is 112 Å². The number of likely N-dealkylation sites (tertiary alicyclic amines) is 1. The first-order chi connectivity index (χ1) is 9.06. The lowest BCUT2D eigenvalue weighted by atomic mass is 10.3. The average molecular weight is 271 g/mol. The molecule has 1 rings (SSSR count). The highest BCUT2D eigenvalue weighted by Crippen LogP contribution is 2.08. The molecule has 0 aromatic rings. The molecule has 1 aliphatic heterocycles. The minimum Gasteiger partial charge on any atom is -0.464 e. The van der Waals surface area contributed by atoms with Crippen LogP contribution in [0.3, 0.4) is 0 Å². The summed E-state index contributed by atoms with van der Waals surface area (Å²) >= 11 is 0. The van der Waals surface area contributed by atoms with Crippen molar-refractivity contribution in [2.24, 2.45) is 5.73 Å². The molecule has 0 aromatic heterocycles. The third-order valence-corrected chi connectivity index (χ3v) is 2.92. The van der Waals surface area contributed by atoms with Crippen LogP contribution in [-0.4, -0.2) is 55.0 Å². The molecule has 19 heavy (non-hydrogen) atoms. The minimum absolute atomic E-state index is 0.0162. The summed E-state index contributed by atoms with van der Waals surface area (Å²) < 4.78 is 4.63. The highest BCUT2D eigenvalue weighted by atomic mass is 16.5. The first kappa shape index (κ1) is 15.4. The molecule has 0 spiro atoms. The highest BCUT2D eigenvalue weighted by Gasteiger charge is 2.23. The summed E-state index contributed by atoms with van der Waals surface area (Å²) in [5.41, 5.74) is 5.40. The maximum absolute atomic E-state index is 11.7. The van der Waals surface area contributed by atoms with Crippen molar-refractivity contribution < 1.29 is 19.1 Å². The Morgan fingerprint density at radius 1 is 1.32 bits per heavy atom. The molecule has 1 unspecified atom stereocenters. The molecule has 1 aliphatic rings. The Kier molecular flexibility index (Phi) is 6.27. The summed E-state index contributed by atoms with van der Waals surface area (Å²) in [6, 6.07) is -1.33. The van der Waals surface area contributed by atoms with E-state index in [1.54, 1.807) is 11.8 Å². The van der Waals surface area contributed by atoms with Gasteiger partial charge in [-0.25, -0.2) is 4.79 Å². The van der Waals surface area contributed by atoms with E-state index in [9.17, 15) is 14.4 Å². The quantitative estimate of drug-likeness (QED) is 0.477. The third-order valence-electron chi connectivity index (χ3n) is 2.92. The van der Waals surface area contributed by atoms with Crippen molar-refractivity contribution in [1.29, 1.82) is 0 Å². The standard InChI is InChI=1S/C12H21N3O4/c1-2-19-12(18)10(13)11(17)14-6-5-9(16)15-7-3-4-8-15/h10H,2-8,13H2,1H3,(H,14,17). The van der Waals surface area contributed by atoms with E-state index in [0.717, 1.165) is 25.9 Å². The van der Waals surface area contributed by atoms with Crippen LogP contribution in [0, 0.1) is 0 Å². The molecule has 0 radical (unpaired) electrons. The van der Waals surface area contributed by atoms with Gasteiger partial charge in [-0.15, -0.1) is 0 Å². The number of hydrogen-bond donors (Lipinski definition) is 2. The fourth-order valence-corrected chi connectivity index (χ4v) is 1.87. The van der Waals surface area contributed by atoms with E-state index in [0.29, 0.717) is 0 Å². The second-order valence-electron chi connectivity index (χ2n) is 4.36. The second kappa shape index (κ2) is 7.73. The molecule has 3 N–H and O–H groups in total. The molecule has 7 heteroatoms. The van der Waals surface area contributed by atoms with Gasteiger partial charge < -0.3 is 20.7 Å². The molecule has 2 amide bonds. The normalized spacial score (nSPS) is 16.0. The summed E-state index contributed by atoms with van der Waals surface area (Å²) in [7, 11) is 0. The molecule has 0 bridgehead atoms. The zero-order valence-electron chi connectivity index (χ0n) is 11.2. The molecular weight excluding hydrogens is 250 g/mol. The van der Waals surface area contributed by atoms with Crippen molar-refractivity contribution in [2.45, 2.75) is 32.2 Å². The maximum Gasteiger partial charge on any atom is 0.332 e. The van der Waals surface area contributed by atoms with Gasteiger partial charge in [-0.2, -0.15) is 0 Å². The van der Waals surface area contributed by atoms with Gasteiger partial charge >= 0.3 is 5.97 Å². The largest absolute Gasteiger partial charge is 0.464 e. The zero-order valence-corrected chi connectivity index (χ0v) is 11.2. The molecule has 0 aliphatic carbocycles. The number of nitrogens with two attached hydrogens (primary N) is 1. The van der Waals surface area contributed by atoms with E-state index >= 15 is 0 Å². The molecule has 108 valence electrons.